The molecule has 8 N–H and O–H groups in total. The molecule has 0 unspecified atom stereocenters. The van der Waals surface area contributed by atoms with E-state index in [1.807, 2.05) is 30.3 Å². The molecule has 0 saturated carbocycles. The van der Waals surface area contributed by atoms with E-state index in [-0.39, 0.29) is 11.9 Å². The Morgan fingerprint density at radius 1 is 0.808 bits per heavy atom. The minimum Gasteiger partial charge on any atom is -0.385 e. The van der Waals surface area contributed by atoms with Crippen molar-refractivity contribution < 1.29 is 0 Å². The number of aromatic amines is 3. The topological polar surface area (TPSA) is 201 Å². The molecule has 26 heavy (non-hydrogen) atoms. The molecule has 2 aromatic heterocycles. The van der Waals surface area contributed by atoms with Crippen LogP contribution in [-0.2, 0) is 6.42 Å². The number of nitrogens with one attached hydrogen (secondary N) is 4. The van der Waals surface area contributed by atoms with Crippen LogP contribution in [0.25, 0.3) is 0 Å². The van der Waals surface area contributed by atoms with E-state index in [1.165, 1.54) is 0 Å². The molecule has 3 rings (SSSR count). The molecular formula is C14H17N9O3. The summed E-state index contributed by atoms with van der Waals surface area (Å²) in [7, 11) is 0. The molecule has 12 heteroatoms. The van der Waals surface area contributed by atoms with Crippen LogP contribution in [0.15, 0.2) is 44.7 Å². The standard InChI is InChI=1S/C11H14N6.C3H3N3O3/c12-10-15-9(16-11(13)17-10)6-7-14-8-4-2-1-3-5-8;7-1-4-2(8)6-3(9)5-1/h1-5,14H,6-7H2,(H4,12,13,15,16,17);(H3,4,5,6,7,8,9). The average molecular weight is 359 g/mol. The molecule has 2 heterocycles. The van der Waals surface area contributed by atoms with Crippen molar-refractivity contribution in [1.82, 2.24) is 29.9 Å². The van der Waals surface area contributed by atoms with Crippen LogP contribution in [0.2, 0.25) is 0 Å². The van der Waals surface area contributed by atoms with Gasteiger partial charge >= 0.3 is 17.1 Å². The third-order valence-electron chi connectivity index (χ3n) is 2.85. The normalized spacial score (nSPS) is 9.85. The Morgan fingerprint density at radius 3 is 1.81 bits per heavy atom. The highest BCUT2D eigenvalue weighted by molar-refractivity contribution is 5.42. The fourth-order valence-electron chi connectivity index (χ4n) is 1.85. The maximum absolute atomic E-state index is 10.2. The van der Waals surface area contributed by atoms with Gasteiger partial charge in [-0.25, -0.2) is 14.4 Å². The highest BCUT2D eigenvalue weighted by Crippen LogP contribution is 2.05. The van der Waals surface area contributed by atoms with Gasteiger partial charge in [0.25, 0.3) is 0 Å². The Balaban J connectivity index is 0.000000228. The van der Waals surface area contributed by atoms with Crippen molar-refractivity contribution >= 4 is 17.6 Å². The second-order valence-corrected chi connectivity index (χ2v) is 4.87. The Labute approximate surface area is 145 Å². The predicted molar refractivity (Wildman–Crippen MR) is 95.6 cm³/mol. The number of rotatable bonds is 4. The van der Waals surface area contributed by atoms with E-state index in [0.717, 1.165) is 5.69 Å². The van der Waals surface area contributed by atoms with Gasteiger partial charge in [0.2, 0.25) is 11.9 Å². The molecule has 136 valence electrons. The highest BCUT2D eigenvalue weighted by atomic mass is 16.2. The number of hydrogen-bond acceptors (Lipinski definition) is 9. The summed E-state index contributed by atoms with van der Waals surface area (Å²) in [6.45, 7) is 0.715. The SMILES string of the molecule is Nc1nc(N)nc(CCNc2ccccc2)n1.O=c1[nH]c(=O)[nH]c(=O)[nH]1. The van der Waals surface area contributed by atoms with E-state index in [2.05, 4.69) is 20.3 Å². The maximum atomic E-state index is 10.2. The van der Waals surface area contributed by atoms with Crippen molar-refractivity contribution in [3.63, 3.8) is 0 Å². The van der Waals surface area contributed by atoms with Crippen LogP contribution >= 0.6 is 0 Å². The number of anilines is 3. The maximum Gasteiger partial charge on any atom is 0.330 e. The number of benzene rings is 1. The molecule has 12 nitrogen and oxygen atoms in total. The molecular weight excluding hydrogens is 342 g/mol. The van der Waals surface area contributed by atoms with Gasteiger partial charge in [-0.1, -0.05) is 18.2 Å². The summed E-state index contributed by atoms with van der Waals surface area (Å²) in [5.41, 5.74) is 9.61. The van der Waals surface area contributed by atoms with Crippen LogP contribution in [0.5, 0.6) is 0 Å². The van der Waals surface area contributed by atoms with Gasteiger partial charge in [0.15, 0.2) is 0 Å². The molecule has 0 aliphatic heterocycles. The van der Waals surface area contributed by atoms with Gasteiger partial charge in [-0.05, 0) is 12.1 Å². The summed E-state index contributed by atoms with van der Waals surface area (Å²) in [4.78, 5) is 47.6. The molecule has 0 radical (unpaired) electrons. The van der Waals surface area contributed by atoms with Crippen molar-refractivity contribution in [3.8, 4) is 0 Å². The second kappa shape index (κ2) is 8.77. The lowest BCUT2D eigenvalue weighted by atomic mass is 10.3. The number of para-hydroxylation sites is 1. The van der Waals surface area contributed by atoms with Crippen molar-refractivity contribution in [2.45, 2.75) is 6.42 Å². The minimum absolute atomic E-state index is 0.159. The van der Waals surface area contributed by atoms with Gasteiger partial charge in [-0.2, -0.15) is 15.0 Å². The van der Waals surface area contributed by atoms with Crippen LogP contribution in [-0.4, -0.2) is 36.4 Å². The van der Waals surface area contributed by atoms with Crippen molar-refractivity contribution in [2.24, 2.45) is 0 Å². The first kappa shape index (κ1) is 18.4. The number of nitrogen functional groups attached to an aromatic ring is 2. The summed E-state index contributed by atoms with van der Waals surface area (Å²) in [6, 6.07) is 9.91. The average Bonchev–Trinajstić information content (AvgIpc) is 2.54. The van der Waals surface area contributed by atoms with E-state index < -0.39 is 17.1 Å². The Morgan fingerprint density at radius 2 is 1.31 bits per heavy atom. The third-order valence-corrected chi connectivity index (χ3v) is 2.85. The van der Waals surface area contributed by atoms with Gasteiger partial charge < -0.3 is 16.8 Å². The van der Waals surface area contributed by atoms with Crippen LogP contribution in [0.4, 0.5) is 17.6 Å². The zero-order valence-electron chi connectivity index (χ0n) is 13.5. The van der Waals surface area contributed by atoms with Crippen LogP contribution < -0.4 is 33.9 Å². The monoisotopic (exact) mass is 359 g/mol. The Hall–Kier alpha value is -3.96. The van der Waals surface area contributed by atoms with Crippen LogP contribution in [0, 0.1) is 0 Å². The summed E-state index contributed by atoms with van der Waals surface area (Å²) < 4.78 is 0. The number of H-pyrrole nitrogens is 3. The quantitative estimate of drug-likeness (QED) is 0.318. The summed E-state index contributed by atoms with van der Waals surface area (Å²) in [6.07, 6.45) is 0.645. The molecule has 1 aromatic carbocycles. The lowest BCUT2D eigenvalue weighted by molar-refractivity contribution is 0.879. The molecule has 0 aliphatic rings. The number of aromatic nitrogens is 6. The number of nitrogens with two attached hydrogens (primary N) is 2. The molecule has 3 aromatic rings. The van der Waals surface area contributed by atoms with Crippen molar-refractivity contribution in [1.29, 1.82) is 0 Å². The molecule has 0 atom stereocenters. The molecule has 0 saturated heterocycles. The summed E-state index contributed by atoms with van der Waals surface area (Å²) in [5, 5.41) is 3.25. The Bertz CT molecular complexity index is 911. The predicted octanol–water partition coefficient (Wildman–Crippen LogP) is -1.56. The first-order valence-corrected chi connectivity index (χ1v) is 7.40. The van der Waals surface area contributed by atoms with Gasteiger partial charge in [-0.3, -0.25) is 15.0 Å². The van der Waals surface area contributed by atoms with Crippen LogP contribution in [0.3, 0.4) is 0 Å². The van der Waals surface area contributed by atoms with Gasteiger partial charge in [-0.15, -0.1) is 0 Å². The Kier molecular flexibility index (Phi) is 6.20. The fraction of sp³-hybridized carbons (Fsp3) is 0.143. The minimum atomic E-state index is -0.802. The first-order valence-electron chi connectivity index (χ1n) is 7.40. The largest absolute Gasteiger partial charge is 0.385 e. The van der Waals surface area contributed by atoms with Gasteiger partial charge in [0.05, 0.1) is 0 Å². The lowest BCUT2D eigenvalue weighted by Gasteiger charge is -2.05. The summed E-state index contributed by atoms with van der Waals surface area (Å²) >= 11 is 0. The van der Waals surface area contributed by atoms with E-state index in [4.69, 9.17) is 11.5 Å². The van der Waals surface area contributed by atoms with Crippen molar-refractivity contribution in [3.05, 3.63) is 67.6 Å². The first-order chi connectivity index (χ1) is 12.4. The number of nitrogens with zero attached hydrogens (tertiary/aromatic N) is 3. The van der Waals surface area contributed by atoms with Crippen LogP contribution in [0.1, 0.15) is 5.82 Å². The fourth-order valence-corrected chi connectivity index (χ4v) is 1.85. The molecule has 0 aliphatic carbocycles. The second-order valence-electron chi connectivity index (χ2n) is 4.87. The lowest BCUT2D eigenvalue weighted by Crippen LogP contribution is -2.34. The van der Waals surface area contributed by atoms with Gasteiger partial charge in [0.1, 0.15) is 5.82 Å². The molecule has 0 bridgehead atoms. The third kappa shape index (κ3) is 6.27. The summed E-state index contributed by atoms with van der Waals surface area (Å²) in [5.74, 6) is 0.915. The van der Waals surface area contributed by atoms with E-state index in [9.17, 15) is 14.4 Å². The zero-order chi connectivity index (χ0) is 18.9. The van der Waals surface area contributed by atoms with E-state index >= 15 is 0 Å². The number of hydrogen-bond donors (Lipinski definition) is 6. The smallest absolute Gasteiger partial charge is 0.330 e. The molecule has 0 amide bonds. The molecule has 0 spiro atoms. The van der Waals surface area contributed by atoms with E-state index in [1.54, 1.807) is 15.0 Å². The zero-order valence-corrected chi connectivity index (χ0v) is 13.5. The van der Waals surface area contributed by atoms with Gasteiger partial charge in [0, 0.05) is 18.7 Å². The van der Waals surface area contributed by atoms with Crippen molar-refractivity contribution in [2.75, 3.05) is 23.3 Å². The molecule has 0 fully saturated rings. The highest BCUT2D eigenvalue weighted by Gasteiger charge is 2.01. The van der Waals surface area contributed by atoms with E-state index in [0.29, 0.717) is 18.8 Å².